The van der Waals surface area contributed by atoms with Crippen LogP contribution in [0.4, 0.5) is 10.7 Å². The van der Waals surface area contributed by atoms with Gasteiger partial charge in [-0.2, -0.15) is 0 Å². The topological polar surface area (TPSA) is 108 Å². The van der Waals surface area contributed by atoms with Gasteiger partial charge in [-0.3, -0.25) is 4.79 Å². The van der Waals surface area contributed by atoms with Crippen molar-refractivity contribution in [2.75, 3.05) is 30.1 Å². The van der Waals surface area contributed by atoms with Crippen LogP contribution in [0.15, 0.2) is 35.2 Å². The van der Waals surface area contributed by atoms with Gasteiger partial charge in [0.05, 0.1) is 14.8 Å². The fourth-order valence-electron chi connectivity index (χ4n) is 2.91. The van der Waals surface area contributed by atoms with Crippen molar-refractivity contribution in [2.45, 2.75) is 30.7 Å². The van der Waals surface area contributed by atoms with Gasteiger partial charge in [0, 0.05) is 42.5 Å². The molecule has 28 heavy (non-hydrogen) atoms. The lowest BCUT2D eigenvalue weighted by Crippen LogP contribution is -2.27. The highest BCUT2D eigenvalue weighted by Crippen LogP contribution is 2.31. The van der Waals surface area contributed by atoms with Crippen LogP contribution < -0.4 is 10.6 Å². The van der Waals surface area contributed by atoms with Gasteiger partial charge >= 0.3 is 0 Å². The zero-order valence-electron chi connectivity index (χ0n) is 15.7. The summed E-state index contributed by atoms with van der Waals surface area (Å²) in [5, 5.41) is 15.0. The number of hydrogen-bond donors (Lipinski definition) is 3. The molecule has 1 aromatic heterocycles. The summed E-state index contributed by atoms with van der Waals surface area (Å²) in [4.78, 5) is 13.3. The van der Waals surface area contributed by atoms with Gasteiger partial charge in [-0.15, -0.1) is 11.3 Å². The molecule has 1 aliphatic heterocycles. The van der Waals surface area contributed by atoms with Crippen LogP contribution in [-0.4, -0.2) is 45.5 Å². The maximum atomic E-state index is 12.7. The van der Waals surface area contributed by atoms with Crippen molar-refractivity contribution in [1.82, 2.24) is 0 Å². The highest BCUT2D eigenvalue weighted by atomic mass is 32.2. The smallest absolute Gasteiger partial charge is 0.265 e. The predicted octanol–water partition coefficient (Wildman–Crippen LogP) is 3.38. The lowest BCUT2D eigenvalue weighted by atomic mass is 10.1. The van der Waals surface area contributed by atoms with Crippen molar-refractivity contribution >= 4 is 43.5 Å². The van der Waals surface area contributed by atoms with Crippen LogP contribution in [0.5, 0.6) is 0 Å². The van der Waals surface area contributed by atoms with E-state index in [0.717, 1.165) is 24.1 Å². The monoisotopic (exact) mass is 421 g/mol. The van der Waals surface area contributed by atoms with Crippen LogP contribution in [-0.2, 0) is 14.6 Å². The largest absolute Gasteiger partial charge is 0.381 e. The third kappa shape index (κ3) is 4.98. The second-order valence-corrected chi connectivity index (χ2v) is 9.83. The van der Waals surface area contributed by atoms with Crippen LogP contribution in [0, 0.1) is 5.41 Å². The van der Waals surface area contributed by atoms with Crippen molar-refractivity contribution in [3.8, 4) is 0 Å². The number of nitrogens with one attached hydrogen (secondary N) is 3. The highest BCUT2D eigenvalue weighted by molar-refractivity contribution is 7.90. The van der Waals surface area contributed by atoms with E-state index in [1.165, 1.54) is 23.5 Å². The number of thiophene rings is 1. The number of benzene rings is 1. The second kappa shape index (κ2) is 8.42. The minimum atomic E-state index is -3.35. The second-order valence-electron chi connectivity index (χ2n) is 6.76. The third-order valence-corrected chi connectivity index (χ3v) is 6.61. The van der Waals surface area contributed by atoms with E-state index in [0.29, 0.717) is 35.1 Å². The minimum Gasteiger partial charge on any atom is -0.381 e. The molecule has 2 heterocycles. The molecule has 7 nitrogen and oxygen atoms in total. The summed E-state index contributed by atoms with van der Waals surface area (Å²) in [5.41, 5.74) is 1.49. The maximum Gasteiger partial charge on any atom is 0.265 e. The number of hydrogen-bond acceptors (Lipinski definition) is 7. The van der Waals surface area contributed by atoms with Crippen LogP contribution in [0.2, 0.25) is 0 Å². The molecule has 3 N–H and O–H groups in total. The van der Waals surface area contributed by atoms with Gasteiger partial charge in [0.15, 0.2) is 9.84 Å². The lowest BCUT2D eigenvalue weighted by molar-refractivity contribution is 0.0905. The Morgan fingerprint density at radius 3 is 2.61 bits per heavy atom. The van der Waals surface area contributed by atoms with E-state index in [1.807, 2.05) is 0 Å². The van der Waals surface area contributed by atoms with E-state index < -0.39 is 9.84 Å². The highest BCUT2D eigenvalue weighted by Gasteiger charge is 2.20. The molecule has 0 unspecified atom stereocenters. The minimum absolute atomic E-state index is 0.148. The van der Waals surface area contributed by atoms with Gasteiger partial charge < -0.3 is 20.8 Å². The van der Waals surface area contributed by atoms with E-state index in [4.69, 9.17) is 10.1 Å². The van der Waals surface area contributed by atoms with E-state index in [2.05, 4.69) is 10.6 Å². The number of ether oxygens (including phenoxy) is 1. The Morgan fingerprint density at radius 1 is 1.25 bits per heavy atom. The molecule has 1 fully saturated rings. The van der Waals surface area contributed by atoms with Crippen molar-refractivity contribution in [2.24, 2.45) is 0 Å². The van der Waals surface area contributed by atoms with Crippen LogP contribution >= 0.6 is 11.3 Å². The van der Waals surface area contributed by atoms with Crippen LogP contribution in [0.25, 0.3) is 0 Å². The number of anilines is 2. The summed E-state index contributed by atoms with van der Waals surface area (Å²) in [7, 11) is -3.35. The molecule has 1 aromatic carbocycles. The average molecular weight is 422 g/mol. The molecular weight excluding hydrogens is 398 g/mol. The fraction of sp³-hybridized carbons (Fsp3) is 0.368. The Hall–Kier alpha value is -2.23. The summed E-state index contributed by atoms with van der Waals surface area (Å²) >= 11 is 1.30. The van der Waals surface area contributed by atoms with Gasteiger partial charge in [0.1, 0.15) is 0 Å². The average Bonchev–Trinajstić information content (AvgIpc) is 3.06. The molecule has 0 atom stereocenters. The van der Waals surface area contributed by atoms with E-state index >= 15 is 0 Å². The molecule has 150 valence electrons. The molecule has 0 saturated carbocycles. The Morgan fingerprint density at radius 2 is 1.96 bits per heavy atom. The van der Waals surface area contributed by atoms with Crippen molar-refractivity contribution in [3.63, 3.8) is 0 Å². The van der Waals surface area contributed by atoms with Crippen LogP contribution in [0.3, 0.4) is 0 Å². The Balaban J connectivity index is 1.80. The van der Waals surface area contributed by atoms with Gasteiger partial charge in [-0.25, -0.2) is 8.42 Å². The summed E-state index contributed by atoms with van der Waals surface area (Å²) in [5.74, 6) is -0.335. The normalized spacial score (nSPS) is 15.2. The first-order valence-corrected chi connectivity index (χ1v) is 11.6. The molecule has 1 amide bonds. The molecule has 2 aromatic rings. The number of sulfone groups is 1. The first kappa shape index (κ1) is 20.5. The lowest BCUT2D eigenvalue weighted by Gasteiger charge is -2.23. The van der Waals surface area contributed by atoms with Gasteiger partial charge in [0.2, 0.25) is 0 Å². The molecule has 0 radical (unpaired) electrons. The Kier molecular flexibility index (Phi) is 6.17. The molecule has 1 saturated heterocycles. The molecular formula is C19H23N3O4S2. The Bertz CT molecular complexity index is 992. The zero-order valence-corrected chi connectivity index (χ0v) is 17.4. The Labute approximate surface area is 168 Å². The van der Waals surface area contributed by atoms with Crippen molar-refractivity contribution in [3.05, 3.63) is 40.8 Å². The van der Waals surface area contributed by atoms with Gasteiger partial charge in [-0.1, -0.05) is 6.07 Å². The molecule has 1 aliphatic rings. The summed E-state index contributed by atoms with van der Waals surface area (Å²) < 4.78 is 28.8. The molecule has 0 spiro atoms. The summed E-state index contributed by atoms with van der Waals surface area (Å²) in [6.45, 7) is 3.09. The molecule has 0 aliphatic carbocycles. The first-order chi connectivity index (χ1) is 13.2. The standard InChI is InChI=1S/C19H23N3O4S2/c1-12(20)16-11-17(27-19(16)22-13-6-8-26-9-7-13)18(23)21-14-4-3-5-15(10-14)28(2,24)25/h3-5,10-11,13,20,22H,6-9H2,1-2H3,(H,21,23). The number of carbonyl (C=O) groups is 1. The molecule has 3 rings (SSSR count). The number of carbonyl (C=O) groups excluding carboxylic acids is 1. The zero-order chi connectivity index (χ0) is 20.3. The molecule has 9 heteroatoms. The fourth-order valence-corrected chi connectivity index (χ4v) is 4.67. The van der Waals surface area contributed by atoms with Crippen LogP contribution in [0.1, 0.15) is 35.0 Å². The van der Waals surface area contributed by atoms with Crippen molar-refractivity contribution < 1.29 is 17.9 Å². The predicted molar refractivity (Wildman–Crippen MR) is 112 cm³/mol. The SMILES string of the molecule is CC(=N)c1cc(C(=O)Nc2cccc(S(C)(=O)=O)c2)sc1NC1CCOCC1. The summed E-state index contributed by atoms with van der Waals surface area (Å²) in [6, 6.07) is 8.11. The van der Waals surface area contributed by atoms with Crippen molar-refractivity contribution in [1.29, 1.82) is 5.41 Å². The quantitative estimate of drug-likeness (QED) is 0.620. The van der Waals surface area contributed by atoms with Gasteiger partial charge in [-0.05, 0) is 44.0 Å². The summed E-state index contributed by atoms with van der Waals surface area (Å²) in [6.07, 6.45) is 2.89. The van der Waals surface area contributed by atoms with E-state index in [9.17, 15) is 13.2 Å². The number of amides is 1. The third-order valence-electron chi connectivity index (χ3n) is 4.44. The maximum absolute atomic E-state index is 12.7. The molecule has 0 bridgehead atoms. The van der Waals surface area contributed by atoms with E-state index in [-0.39, 0.29) is 16.8 Å². The number of rotatable bonds is 6. The first-order valence-electron chi connectivity index (χ1n) is 8.89. The van der Waals surface area contributed by atoms with Gasteiger partial charge in [0.25, 0.3) is 5.91 Å². The van der Waals surface area contributed by atoms with E-state index in [1.54, 1.807) is 25.1 Å².